The van der Waals surface area contributed by atoms with E-state index in [9.17, 15) is 19.5 Å². The Morgan fingerprint density at radius 2 is 1.97 bits per heavy atom. The molecule has 10 heteroatoms. The highest BCUT2D eigenvalue weighted by Gasteiger charge is 2.75. The van der Waals surface area contributed by atoms with Crippen molar-refractivity contribution in [2.75, 3.05) is 38.2 Å². The lowest BCUT2D eigenvalue weighted by molar-refractivity contribution is -0.143. The number of hydrogen-bond donors (Lipinski definition) is 1. The molecular formula is C26H31BrClN3O4S. The fourth-order valence-electron chi connectivity index (χ4n) is 5.97. The molecule has 0 radical (unpaired) electrons. The Morgan fingerprint density at radius 3 is 2.61 bits per heavy atom. The van der Waals surface area contributed by atoms with E-state index < -0.39 is 22.6 Å². The lowest BCUT2D eigenvalue weighted by Crippen LogP contribution is -2.56. The summed E-state index contributed by atoms with van der Waals surface area (Å²) in [6, 6.07) is 6.30. The van der Waals surface area contributed by atoms with Gasteiger partial charge in [-0.25, -0.2) is 0 Å². The number of nitrogens with zero attached hydrogens (tertiary/aromatic N) is 3. The molecular weight excluding hydrogens is 566 g/mol. The van der Waals surface area contributed by atoms with Crippen LogP contribution in [0.4, 0.5) is 5.69 Å². The molecule has 194 valence electrons. The first-order valence-corrected chi connectivity index (χ1v) is 14.2. The quantitative estimate of drug-likeness (QED) is 0.331. The highest BCUT2D eigenvalue weighted by Crippen LogP contribution is 2.68. The molecule has 1 aromatic rings. The number of rotatable bonds is 10. The number of likely N-dealkylation sites (N-methyl/N-ethyl adjacent to an activating group) is 1. The molecule has 36 heavy (non-hydrogen) atoms. The number of fused-ring (bicyclic) bond motifs is 1. The molecule has 6 atom stereocenters. The van der Waals surface area contributed by atoms with Gasteiger partial charge in [-0.05, 0) is 25.0 Å². The van der Waals surface area contributed by atoms with E-state index in [2.05, 4.69) is 29.1 Å². The topological polar surface area (TPSA) is 81.2 Å². The van der Waals surface area contributed by atoms with Gasteiger partial charge in [0.25, 0.3) is 5.91 Å². The first-order chi connectivity index (χ1) is 17.2. The Morgan fingerprint density at radius 1 is 1.28 bits per heavy atom. The molecule has 4 rings (SSSR count). The molecule has 1 aromatic carbocycles. The maximum absolute atomic E-state index is 14.4. The highest BCUT2D eigenvalue weighted by molar-refractivity contribution is 9.09. The van der Waals surface area contributed by atoms with Crippen molar-refractivity contribution in [3.8, 4) is 0 Å². The number of anilines is 1. The molecule has 0 saturated carbocycles. The Balaban J connectivity index is 1.80. The van der Waals surface area contributed by atoms with Crippen molar-refractivity contribution in [1.82, 2.24) is 9.80 Å². The number of carbonyl (C=O) groups excluding carboxylic acids is 3. The van der Waals surface area contributed by atoms with E-state index >= 15 is 0 Å². The van der Waals surface area contributed by atoms with Crippen molar-refractivity contribution in [2.45, 2.75) is 33.7 Å². The smallest absolute Gasteiger partial charge is 0.251 e. The van der Waals surface area contributed by atoms with E-state index in [1.807, 2.05) is 6.07 Å². The summed E-state index contributed by atoms with van der Waals surface area (Å²) in [4.78, 5) is 46.7. The fourth-order valence-corrected chi connectivity index (χ4v) is 9.80. The van der Waals surface area contributed by atoms with Crippen LogP contribution in [0.25, 0.3) is 0 Å². The SMILES string of the molecule is C=CCN(C)C(=O)[C@H]1[C@H]2C(=O)N(CCCO)C(C(=O)N(CC=C)c3ccccc3Cl)C23CC(Br)[C@@H]1S3. The third kappa shape index (κ3) is 4.31. The van der Waals surface area contributed by atoms with Crippen molar-refractivity contribution < 1.29 is 19.5 Å². The van der Waals surface area contributed by atoms with E-state index in [0.717, 1.165) is 0 Å². The maximum atomic E-state index is 14.4. The number of carbonyl (C=O) groups is 3. The fraction of sp³-hybridized carbons (Fsp3) is 0.500. The molecule has 7 nitrogen and oxygen atoms in total. The van der Waals surface area contributed by atoms with Gasteiger partial charge in [0.15, 0.2) is 0 Å². The zero-order chi connectivity index (χ0) is 26.2. The molecule has 2 bridgehead atoms. The van der Waals surface area contributed by atoms with Crippen LogP contribution in [0.15, 0.2) is 49.6 Å². The number of para-hydroxylation sites is 1. The normalized spacial score (nSPS) is 30.3. The molecule has 3 saturated heterocycles. The number of benzene rings is 1. The van der Waals surface area contributed by atoms with Gasteiger partial charge in [0.2, 0.25) is 11.8 Å². The lowest BCUT2D eigenvalue weighted by Gasteiger charge is -2.38. The number of hydrogen-bond acceptors (Lipinski definition) is 5. The minimum atomic E-state index is -0.796. The number of amides is 3. The van der Waals surface area contributed by atoms with Crippen LogP contribution < -0.4 is 4.90 Å². The first kappa shape index (κ1) is 27.2. The van der Waals surface area contributed by atoms with Crippen LogP contribution in [-0.4, -0.2) is 86.8 Å². The highest BCUT2D eigenvalue weighted by atomic mass is 79.9. The Bertz CT molecular complexity index is 1070. The number of aliphatic hydroxyl groups is 1. The summed E-state index contributed by atoms with van der Waals surface area (Å²) in [5.74, 6) is -1.73. The summed E-state index contributed by atoms with van der Waals surface area (Å²) in [5, 5.41) is 9.85. The molecule has 0 aromatic heterocycles. The van der Waals surface area contributed by atoms with Gasteiger partial charge in [-0.2, -0.15) is 0 Å². The van der Waals surface area contributed by atoms with E-state index in [0.29, 0.717) is 30.1 Å². The minimum absolute atomic E-state index is 0.0149. The van der Waals surface area contributed by atoms with Gasteiger partial charge < -0.3 is 19.8 Å². The second-order valence-electron chi connectivity index (χ2n) is 9.47. The molecule has 3 heterocycles. The second kappa shape index (κ2) is 10.9. The lowest BCUT2D eigenvalue weighted by atomic mass is 9.70. The van der Waals surface area contributed by atoms with Gasteiger partial charge in [-0.1, -0.05) is 51.8 Å². The molecule has 3 aliphatic heterocycles. The minimum Gasteiger partial charge on any atom is -0.396 e. The molecule has 3 unspecified atom stereocenters. The predicted molar refractivity (Wildman–Crippen MR) is 147 cm³/mol. The van der Waals surface area contributed by atoms with Gasteiger partial charge in [-0.3, -0.25) is 14.4 Å². The summed E-state index contributed by atoms with van der Waals surface area (Å²) in [5.41, 5.74) is 0.546. The van der Waals surface area contributed by atoms with Crippen LogP contribution in [0.1, 0.15) is 12.8 Å². The zero-order valence-electron chi connectivity index (χ0n) is 20.2. The number of halogens is 2. The summed E-state index contributed by atoms with van der Waals surface area (Å²) < 4.78 is -0.765. The standard InChI is InChI=1S/C26H31BrClN3O4S/c1-4-11-29(3)23(33)19-20-24(34)31(13-8-14-32)22(26(20)15-16(27)21(19)36-26)25(35)30(12-5-2)18-10-7-6-9-17(18)28/h4-7,9-10,16,19-22,32H,1-2,8,11-15H2,3H3/t16?,19-,20-,21-,22?,26?/m0/s1. The van der Waals surface area contributed by atoms with Gasteiger partial charge in [0.05, 0.1) is 27.3 Å². The van der Waals surface area contributed by atoms with Crippen LogP contribution in [0.3, 0.4) is 0 Å². The second-order valence-corrected chi connectivity index (χ2v) is 12.6. The third-order valence-electron chi connectivity index (χ3n) is 7.37. The van der Waals surface area contributed by atoms with Crippen LogP contribution in [0.5, 0.6) is 0 Å². The zero-order valence-corrected chi connectivity index (χ0v) is 23.3. The number of aliphatic hydroxyl groups excluding tert-OH is 1. The molecule has 3 fully saturated rings. The van der Waals surface area contributed by atoms with Crippen LogP contribution in [-0.2, 0) is 14.4 Å². The number of likely N-dealkylation sites (tertiary alicyclic amines) is 1. The molecule has 3 amide bonds. The summed E-state index contributed by atoms with van der Waals surface area (Å²) >= 11 is 11.8. The predicted octanol–water partition coefficient (Wildman–Crippen LogP) is 3.35. The van der Waals surface area contributed by atoms with Crippen molar-refractivity contribution >= 4 is 62.7 Å². The first-order valence-electron chi connectivity index (χ1n) is 12.0. The summed E-state index contributed by atoms with van der Waals surface area (Å²) in [7, 11) is 1.71. The van der Waals surface area contributed by atoms with E-state index in [1.54, 1.807) is 63.9 Å². The van der Waals surface area contributed by atoms with Crippen LogP contribution >= 0.6 is 39.3 Å². The summed E-state index contributed by atoms with van der Waals surface area (Å²) in [6.45, 7) is 8.28. The molecule has 1 N–H and O–H groups in total. The maximum Gasteiger partial charge on any atom is 0.251 e. The third-order valence-corrected chi connectivity index (χ3v) is 10.9. The molecule has 0 aliphatic carbocycles. The van der Waals surface area contributed by atoms with Crippen LogP contribution in [0.2, 0.25) is 5.02 Å². The van der Waals surface area contributed by atoms with Crippen LogP contribution in [0, 0.1) is 11.8 Å². The Kier molecular flexibility index (Phi) is 8.24. The number of thioether (sulfide) groups is 1. The van der Waals surface area contributed by atoms with Gasteiger partial charge >= 0.3 is 0 Å². The van der Waals surface area contributed by atoms with Crippen molar-refractivity contribution in [2.24, 2.45) is 11.8 Å². The monoisotopic (exact) mass is 595 g/mol. The van der Waals surface area contributed by atoms with E-state index in [1.165, 1.54) is 0 Å². The van der Waals surface area contributed by atoms with E-state index in [4.69, 9.17) is 11.6 Å². The van der Waals surface area contributed by atoms with E-state index in [-0.39, 0.29) is 47.5 Å². The Hall–Kier alpha value is -1.81. The van der Waals surface area contributed by atoms with Gasteiger partial charge in [0, 0.05) is 43.4 Å². The van der Waals surface area contributed by atoms with Crippen molar-refractivity contribution in [3.63, 3.8) is 0 Å². The van der Waals surface area contributed by atoms with Gasteiger partial charge in [0.1, 0.15) is 6.04 Å². The van der Waals surface area contributed by atoms with Crippen molar-refractivity contribution in [1.29, 1.82) is 0 Å². The molecule has 1 spiro atoms. The average Bonchev–Trinajstić information content (AvgIpc) is 3.44. The average molecular weight is 597 g/mol. The summed E-state index contributed by atoms with van der Waals surface area (Å²) in [6.07, 6.45) is 4.22. The molecule has 3 aliphatic rings. The van der Waals surface area contributed by atoms with Gasteiger partial charge in [-0.15, -0.1) is 24.9 Å². The van der Waals surface area contributed by atoms with Crippen molar-refractivity contribution in [3.05, 3.63) is 54.6 Å². The Labute approximate surface area is 229 Å². The largest absolute Gasteiger partial charge is 0.396 e. The number of alkyl halides is 1.